The third kappa shape index (κ3) is 3.05. The van der Waals surface area contributed by atoms with Crippen LogP contribution in [0.1, 0.15) is 17.2 Å². The summed E-state index contributed by atoms with van der Waals surface area (Å²) in [5.41, 5.74) is 2.30. The first kappa shape index (κ1) is 12.5. The zero-order valence-electron chi connectivity index (χ0n) is 10.1. The van der Waals surface area contributed by atoms with E-state index in [0.717, 1.165) is 5.56 Å². The summed E-state index contributed by atoms with van der Waals surface area (Å²) < 4.78 is 0. The second-order valence-electron chi connectivity index (χ2n) is 3.85. The van der Waals surface area contributed by atoms with Crippen LogP contribution in [0.4, 0.5) is 0 Å². The minimum Gasteiger partial charge on any atom is -0.366 e. The molecule has 18 heavy (non-hydrogen) atoms. The number of pyridine rings is 1. The van der Waals surface area contributed by atoms with Gasteiger partial charge in [-0.25, -0.2) is 0 Å². The van der Waals surface area contributed by atoms with Gasteiger partial charge >= 0.3 is 0 Å². The Hall–Kier alpha value is -1.94. The normalized spacial score (nSPS) is 11.6. The van der Waals surface area contributed by atoms with E-state index >= 15 is 0 Å². The molecule has 2 aromatic rings. The standard InChI is InChI=1S/C14H15N3S/c1-15-14(18)17-13(11-5-3-2-4-6-11)12-7-9-16-10-8-12/h2-10,13H,1H3,(H2,15,17,18). The topological polar surface area (TPSA) is 37.0 Å². The summed E-state index contributed by atoms with van der Waals surface area (Å²) in [6.45, 7) is 0. The highest BCUT2D eigenvalue weighted by molar-refractivity contribution is 7.80. The van der Waals surface area contributed by atoms with Crippen molar-refractivity contribution >= 4 is 17.3 Å². The largest absolute Gasteiger partial charge is 0.366 e. The number of hydrogen-bond acceptors (Lipinski definition) is 2. The van der Waals surface area contributed by atoms with Crippen molar-refractivity contribution in [2.45, 2.75) is 6.04 Å². The van der Waals surface area contributed by atoms with Gasteiger partial charge in [0, 0.05) is 19.4 Å². The molecule has 0 bridgehead atoms. The highest BCUT2D eigenvalue weighted by Gasteiger charge is 2.13. The number of thiocarbonyl (C=S) groups is 1. The van der Waals surface area contributed by atoms with E-state index in [9.17, 15) is 0 Å². The van der Waals surface area contributed by atoms with Crippen molar-refractivity contribution < 1.29 is 0 Å². The highest BCUT2D eigenvalue weighted by Crippen LogP contribution is 2.20. The van der Waals surface area contributed by atoms with Gasteiger partial charge in [-0.15, -0.1) is 0 Å². The van der Waals surface area contributed by atoms with Gasteiger partial charge in [0.1, 0.15) is 0 Å². The van der Waals surface area contributed by atoms with Gasteiger partial charge in [0.25, 0.3) is 0 Å². The maximum Gasteiger partial charge on any atom is 0.166 e. The number of rotatable bonds is 3. The van der Waals surface area contributed by atoms with Crippen molar-refractivity contribution in [2.75, 3.05) is 7.05 Å². The summed E-state index contributed by atoms with van der Waals surface area (Å²) in [6, 6.07) is 14.2. The third-order valence-corrected chi connectivity index (χ3v) is 3.00. The first-order valence-electron chi connectivity index (χ1n) is 5.74. The zero-order chi connectivity index (χ0) is 12.8. The SMILES string of the molecule is CNC(=S)NC(c1ccccc1)c1ccncc1. The molecule has 0 spiro atoms. The van der Waals surface area contributed by atoms with E-state index in [2.05, 4.69) is 27.8 Å². The first-order chi connectivity index (χ1) is 8.81. The van der Waals surface area contributed by atoms with Gasteiger partial charge in [0.2, 0.25) is 0 Å². The van der Waals surface area contributed by atoms with Gasteiger partial charge in [-0.1, -0.05) is 30.3 Å². The van der Waals surface area contributed by atoms with E-state index in [1.54, 1.807) is 12.4 Å². The van der Waals surface area contributed by atoms with E-state index in [-0.39, 0.29) is 6.04 Å². The molecular weight excluding hydrogens is 242 g/mol. The summed E-state index contributed by atoms with van der Waals surface area (Å²) in [5, 5.41) is 6.86. The summed E-state index contributed by atoms with van der Waals surface area (Å²) in [5.74, 6) is 0. The third-order valence-electron chi connectivity index (χ3n) is 2.67. The van der Waals surface area contributed by atoms with Crippen molar-refractivity contribution in [1.29, 1.82) is 0 Å². The first-order valence-corrected chi connectivity index (χ1v) is 6.15. The average molecular weight is 257 g/mol. The van der Waals surface area contributed by atoms with Crippen LogP contribution in [0.25, 0.3) is 0 Å². The molecule has 1 aromatic heterocycles. The van der Waals surface area contributed by atoms with Crippen molar-refractivity contribution in [2.24, 2.45) is 0 Å². The van der Waals surface area contributed by atoms with E-state index < -0.39 is 0 Å². The number of nitrogens with one attached hydrogen (secondary N) is 2. The molecule has 0 fully saturated rings. The molecule has 0 saturated carbocycles. The molecule has 4 heteroatoms. The van der Waals surface area contributed by atoms with Crippen molar-refractivity contribution in [3.63, 3.8) is 0 Å². The van der Waals surface area contributed by atoms with Crippen LogP contribution >= 0.6 is 12.2 Å². The molecule has 0 aliphatic carbocycles. The lowest BCUT2D eigenvalue weighted by Gasteiger charge is -2.20. The minimum absolute atomic E-state index is 0.0362. The van der Waals surface area contributed by atoms with Crippen LogP contribution in [0.15, 0.2) is 54.9 Å². The maximum absolute atomic E-state index is 5.19. The quantitative estimate of drug-likeness (QED) is 0.827. The molecule has 0 amide bonds. The number of hydrogen-bond donors (Lipinski definition) is 2. The smallest absolute Gasteiger partial charge is 0.166 e. The van der Waals surface area contributed by atoms with Gasteiger partial charge < -0.3 is 10.6 Å². The van der Waals surface area contributed by atoms with Crippen molar-refractivity contribution in [3.05, 3.63) is 66.0 Å². The maximum atomic E-state index is 5.19. The molecule has 1 atom stereocenters. The molecule has 92 valence electrons. The lowest BCUT2D eigenvalue weighted by molar-refractivity contribution is 0.751. The Balaban J connectivity index is 2.32. The molecule has 0 radical (unpaired) electrons. The predicted molar refractivity (Wildman–Crippen MR) is 77.3 cm³/mol. The van der Waals surface area contributed by atoms with E-state index in [4.69, 9.17) is 12.2 Å². The monoisotopic (exact) mass is 257 g/mol. The summed E-state index contributed by atoms with van der Waals surface area (Å²) in [6.07, 6.45) is 3.57. The van der Waals surface area contributed by atoms with Gasteiger partial charge in [-0.05, 0) is 35.5 Å². The molecule has 0 saturated heterocycles. The second kappa shape index (κ2) is 6.12. The average Bonchev–Trinajstić information content (AvgIpc) is 2.46. The van der Waals surface area contributed by atoms with E-state index in [1.165, 1.54) is 5.56 Å². The van der Waals surface area contributed by atoms with Gasteiger partial charge in [-0.3, -0.25) is 4.98 Å². The summed E-state index contributed by atoms with van der Waals surface area (Å²) in [4.78, 5) is 4.04. The second-order valence-corrected chi connectivity index (χ2v) is 4.26. The van der Waals surface area contributed by atoms with Crippen molar-refractivity contribution in [3.8, 4) is 0 Å². The van der Waals surface area contributed by atoms with Crippen LogP contribution < -0.4 is 10.6 Å². The fourth-order valence-electron chi connectivity index (χ4n) is 1.76. The summed E-state index contributed by atoms with van der Waals surface area (Å²) >= 11 is 5.19. The lowest BCUT2D eigenvalue weighted by Crippen LogP contribution is -2.36. The molecule has 0 aliphatic rings. The molecule has 0 aliphatic heterocycles. The Morgan fingerprint density at radius 3 is 2.28 bits per heavy atom. The zero-order valence-corrected chi connectivity index (χ0v) is 10.9. The number of benzene rings is 1. The Bertz CT molecular complexity index is 459. The van der Waals surface area contributed by atoms with Crippen LogP contribution in [0.3, 0.4) is 0 Å². The Kier molecular flexibility index (Phi) is 4.25. The molecular formula is C14H15N3S. The fourth-order valence-corrected chi connectivity index (χ4v) is 1.88. The molecule has 2 rings (SSSR count). The van der Waals surface area contributed by atoms with Crippen LogP contribution in [0.5, 0.6) is 0 Å². The molecule has 2 N–H and O–H groups in total. The van der Waals surface area contributed by atoms with Crippen LogP contribution in [0, 0.1) is 0 Å². The highest BCUT2D eigenvalue weighted by atomic mass is 32.1. The number of nitrogens with zero attached hydrogens (tertiary/aromatic N) is 1. The van der Waals surface area contributed by atoms with Gasteiger partial charge in [0.05, 0.1) is 6.04 Å². The lowest BCUT2D eigenvalue weighted by atomic mass is 10.00. The molecule has 1 unspecified atom stereocenters. The van der Waals surface area contributed by atoms with Crippen LogP contribution in [-0.4, -0.2) is 17.1 Å². The minimum atomic E-state index is 0.0362. The van der Waals surface area contributed by atoms with E-state index in [1.807, 2.05) is 37.4 Å². The van der Waals surface area contributed by atoms with Gasteiger partial charge in [0.15, 0.2) is 5.11 Å². The Morgan fingerprint density at radius 2 is 1.67 bits per heavy atom. The fraction of sp³-hybridized carbons (Fsp3) is 0.143. The molecule has 3 nitrogen and oxygen atoms in total. The Morgan fingerprint density at radius 1 is 1.06 bits per heavy atom. The summed E-state index contributed by atoms with van der Waals surface area (Å²) in [7, 11) is 1.81. The molecule has 1 heterocycles. The van der Waals surface area contributed by atoms with Gasteiger partial charge in [-0.2, -0.15) is 0 Å². The van der Waals surface area contributed by atoms with Crippen LogP contribution in [-0.2, 0) is 0 Å². The predicted octanol–water partition coefficient (Wildman–Crippen LogP) is 2.26. The van der Waals surface area contributed by atoms with E-state index in [0.29, 0.717) is 5.11 Å². The van der Waals surface area contributed by atoms with Crippen LogP contribution in [0.2, 0.25) is 0 Å². The van der Waals surface area contributed by atoms with Crippen molar-refractivity contribution in [1.82, 2.24) is 15.6 Å². The molecule has 1 aromatic carbocycles. The number of aromatic nitrogens is 1. The Labute approximate surface area is 112 Å².